The fourth-order valence-electron chi connectivity index (χ4n) is 2.29. The van der Waals surface area contributed by atoms with Crippen LogP contribution in [0, 0.1) is 0 Å². The molecule has 1 aliphatic rings. The number of ether oxygens (including phenoxy) is 2. The fraction of sp³-hybridized carbons (Fsp3) is 0.600. The largest absolute Gasteiger partial charge is 0.348 e. The summed E-state index contributed by atoms with van der Waals surface area (Å²) in [6, 6.07) is 7.07. The molecule has 0 saturated carbocycles. The van der Waals surface area contributed by atoms with Gasteiger partial charge in [0.1, 0.15) is 0 Å². The highest BCUT2D eigenvalue weighted by molar-refractivity contribution is 7.90. The number of rotatable bonds is 5. The lowest BCUT2D eigenvalue weighted by Crippen LogP contribution is -2.32. The molecule has 1 saturated heterocycles. The normalized spacial score (nSPS) is 23.1. The number of benzene rings is 1. The van der Waals surface area contributed by atoms with Crippen LogP contribution in [0.5, 0.6) is 0 Å². The van der Waals surface area contributed by atoms with Gasteiger partial charge in [0.15, 0.2) is 15.6 Å². The third-order valence-corrected chi connectivity index (χ3v) is 4.66. The molecule has 6 heteroatoms. The van der Waals surface area contributed by atoms with Crippen LogP contribution in [0.1, 0.15) is 32.4 Å². The summed E-state index contributed by atoms with van der Waals surface area (Å²) in [7, 11) is -3.14. The molecule has 1 aromatic rings. The van der Waals surface area contributed by atoms with E-state index >= 15 is 0 Å². The van der Waals surface area contributed by atoms with Gasteiger partial charge >= 0.3 is 0 Å². The highest BCUT2D eigenvalue weighted by Crippen LogP contribution is 2.22. The Morgan fingerprint density at radius 1 is 1.33 bits per heavy atom. The first kappa shape index (κ1) is 16.4. The van der Waals surface area contributed by atoms with E-state index in [4.69, 9.17) is 9.47 Å². The maximum absolute atomic E-state index is 11.4. The zero-order valence-electron chi connectivity index (χ0n) is 12.9. The van der Waals surface area contributed by atoms with E-state index in [2.05, 4.69) is 5.32 Å². The summed E-state index contributed by atoms with van der Waals surface area (Å²) >= 11 is 0. The maximum atomic E-state index is 11.4. The van der Waals surface area contributed by atoms with E-state index in [1.54, 1.807) is 12.1 Å². The summed E-state index contributed by atoms with van der Waals surface area (Å²) < 4.78 is 34.1. The van der Waals surface area contributed by atoms with Crippen molar-refractivity contribution in [2.45, 2.75) is 43.6 Å². The molecule has 1 N–H and O–H groups in total. The molecule has 1 heterocycles. The average Bonchev–Trinajstić information content (AvgIpc) is 2.75. The molecule has 0 radical (unpaired) electrons. The second-order valence-electron chi connectivity index (χ2n) is 5.92. The van der Waals surface area contributed by atoms with Crippen LogP contribution in [-0.4, -0.2) is 39.7 Å². The molecule has 0 bridgehead atoms. The Bertz CT molecular complexity index is 580. The van der Waals surface area contributed by atoms with Crippen molar-refractivity contribution in [3.05, 3.63) is 29.8 Å². The Labute approximate surface area is 126 Å². The number of hydrogen-bond acceptors (Lipinski definition) is 5. The number of sulfone groups is 1. The second kappa shape index (κ2) is 6.04. The molecule has 0 aromatic heterocycles. The molecule has 0 amide bonds. The summed E-state index contributed by atoms with van der Waals surface area (Å²) in [5, 5.41) is 3.38. The molecule has 1 aromatic carbocycles. The number of hydrogen-bond donors (Lipinski definition) is 1. The average molecular weight is 313 g/mol. The van der Waals surface area contributed by atoms with Crippen molar-refractivity contribution in [1.29, 1.82) is 0 Å². The lowest BCUT2D eigenvalue weighted by atomic mass is 10.1. The van der Waals surface area contributed by atoms with Crippen molar-refractivity contribution in [3.8, 4) is 0 Å². The topological polar surface area (TPSA) is 64.6 Å². The van der Waals surface area contributed by atoms with Crippen molar-refractivity contribution in [1.82, 2.24) is 5.32 Å². The van der Waals surface area contributed by atoms with E-state index in [1.807, 2.05) is 32.9 Å². The third-order valence-electron chi connectivity index (χ3n) is 3.53. The van der Waals surface area contributed by atoms with Gasteiger partial charge in [0.2, 0.25) is 0 Å². The van der Waals surface area contributed by atoms with Gasteiger partial charge in [0, 0.05) is 18.8 Å². The van der Waals surface area contributed by atoms with Crippen LogP contribution in [-0.2, 0) is 19.3 Å². The lowest BCUT2D eigenvalue weighted by Gasteiger charge is -2.19. The van der Waals surface area contributed by atoms with Crippen LogP contribution in [0.3, 0.4) is 0 Å². The first-order valence-electron chi connectivity index (χ1n) is 7.02. The Morgan fingerprint density at radius 3 is 2.43 bits per heavy atom. The van der Waals surface area contributed by atoms with E-state index in [-0.39, 0.29) is 12.1 Å². The second-order valence-corrected chi connectivity index (χ2v) is 7.94. The molecule has 1 fully saturated rings. The minimum absolute atomic E-state index is 0.0396. The van der Waals surface area contributed by atoms with Crippen LogP contribution in [0.25, 0.3) is 0 Å². The highest BCUT2D eigenvalue weighted by atomic mass is 32.2. The van der Waals surface area contributed by atoms with Crippen molar-refractivity contribution < 1.29 is 17.9 Å². The molecule has 21 heavy (non-hydrogen) atoms. The Morgan fingerprint density at radius 2 is 1.95 bits per heavy atom. The van der Waals surface area contributed by atoms with Gasteiger partial charge in [0.25, 0.3) is 0 Å². The predicted octanol–water partition coefficient (Wildman–Crippen LogP) is 1.89. The van der Waals surface area contributed by atoms with Crippen LogP contribution in [0.4, 0.5) is 0 Å². The van der Waals surface area contributed by atoms with Crippen LogP contribution in [0.2, 0.25) is 0 Å². The molecule has 118 valence electrons. The van der Waals surface area contributed by atoms with Crippen LogP contribution in [0.15, 0.2) is 29.2 Å². The lowest BCUT2D eigenvalue weighted by molar-refractivity contribution is -0.137. The van der Waals surface area contributed by atoms with E-state index < -0.39 is 15.6 Å². The van der Waals surface area contributed by atoms with Gasteiger partial charge in [-0.05, 0) is 38.5 Å². The minimum Gasteiger partial charge on any atom is -0.348 e. The quantitative estimate of drug-likeness (QED) is 0.899. The van der Waals surface area contributed by atoms with Crippen molar-refractivity contribution >= 4 is 9.84 Å². The first-order chi connectivity index (χ1) is 9.67. The summed E-state index contributed by atoms with van der Waals surface area (Å²) in [4.78, 5) is 0.340. The van der Waals surface area contributed by atoms with E-state index in [0.29, 0.717) is 18.0 Å². The molecule has 0 spiro atoms. The Hall–Kier alpha value is -0.950. The van der Waals surface area contributed by atoms with E-state index in [0.717, 1.165) is 5.56 Å². The minimum atomic E-state index is -3.14. The zero-order valence-corrected chi connectivity index (χ0v) is 13.7. The first-order valence-corrected chi connectivity index (χ1v) is 8.92. The van der Waals surface area contributed by atoms with Gasteiger partial charge in [-0.25, -0.2) is 8.42 Å². The van der Waals surface area contributed by atoms with Gasteiger partial charge in [-0.2, -0.15) is 0 Å². The Kier molecular flexibility index (Phi) is 4.72. The zero-order chi connectivity index (χ0) is 15.7. The van der Waals surface area contributed by atoms with Crippen molar-refractivity contribution in [2.24, 2.45) is 0 Å². The van der Waals surface area contributed by atoms with Gasteiger partial charge in [-0.1, -0.05) is 12.1 Å². The van der Waals surface area contributed by atoms with Crippen molar-refractivity contribution in [3.63, 3.8) is 0 Å². The molecular weight excluding hydrogens is 290 g/mol. The van der Waals surface area contributed by atoms with Gasteiger partial charge in [-0.15, -0.1) is 0 Å². The molecule has 1 aliphatic heterocycles. The van der Waals surface area contributed by atoms with Crippen LogP contribution >= 0.6 is 0 Å². The summed E-state index contributed by atoms with van der Waals surface area (Å²) in [5.41, 5.74) is 1.04. The molecular formula is C15H23NO4S. The maximum Gasteiger partial charge on any atom is 0.175 e. The van der Waals surface area contributed by atoms with Crippen LogP contribution < -0.4 is 5.32 Å². The SMILES string of the molecule is CC(NCC1COC(C)(C)O1)c1ccc(S(C)(=O)=O)cc1. The fourth-order valence-corrected chi connectivity index (χ4v) is 2.92. The smallest absolute Gasteiger partial charge is 0.175 e. The number of nitrogens with one attached hydrogen (secondary N) is 1. The van der Waals surface area contributed by atoms with E-state index in [9.17, 15) is 8.42 Å². The van der Waals surface area contributed by atoms with Gasteiger partial charge in [0.05, 0.1) is 17.6 Å². The van der Waals surface area contributed by atoms with E-state index in [1.165, 1.54) is 6.26 Å². The summed E-state index contributed by atoms with van der Waals surface area (Å²) in [5.74, 6) is -0.507. The summed E-state index contributed by atoms with van der Waals surface area (Å²) in [6.45, 7) is 7.12. The monoisotopic (exact) mass is 313 g/mol. The highest BCUT2D eigenvalue weighted by Gasteiger charge is 2.32. The summed E-state index contributed by atoms with van der Waals surface area (Å²) in [6.07, 6.45) is 1.25. The third kappa shape index (κ3) is 4.51. The van der Waals surface area contributed by atoms with Gasteiger partial charge in [-0.3, -0.25) is 0 Å². The standard InChI is InChI=1S/C15H23NO4S/c1-11(16-9-13-10-19-15(2,3)20-13)12-5-7-14(8-6-12)21(4,17)18/h5-8,11,13,16H,9-10H2,1-4H3. The molecule has 5 nitrogen and oxygen atoms in total. The Balaban J connectivity index is 1.90. The van der Waals surface area contributed by atoms with Crippen molar-refractivity contribution in [2.75, 3.05) is 19.4 Å². The molecule has 2 unspecified atom stereocenters. The molecule has 2 atom stereocenters. The predicted molar refractivity (Wildman–Crippen MR) is 80.9 cm³/mol. The molecule has 2 rings (SSSR count). The molecule has 0 aliphatic carbocycles. The van der Waals surface area contributed by atoms with Gasteiger partial charge < -0.3 is 14.8 Å².